The Labute approximate surface area is 171 Å². The first-order chi connectivity index (χ1) is 13.8. The lowest BCUT2D eigenvalue weighted by molar-refractivity contribution is 0.170. The topological polar surface area (TPSA) is 18.5 Å². The van der Waals surface area contributed by atoms with Crippen molar-refractivity contribution < 1.29 is 0 Å². The Morgan fingerprint density at radius 3 is 2.04 bits per heavy atom. The number of likely N-dealkylation sites (N-methyl/N-ethyl adjacent to an activating group) is 1. The van der Waals surface area contributed by atoms with Gasteiger partial charge in [0.2, 0.25) is 0 Å². The van der Waals surface area contributed by atoms with Crippen molar-refractivity contribution in [3.05, 3.63) is 71.8 Å². The van der Waals surface area contributed by atoms with Crippen LogP contribution in [0.25, 0.3) is 0 Å². The van der Waals surface area contributed by atoms with Gasteiger partial charge in [0.1, 0.15) is 0 Å². The average molecular weight is 380 g/mol. The van der Waals surface area contributed by atoms with E-state index in [2.05, 4.69) is 89.6 Å². The maximum Gasteiger partial charge on any atom is 0.0260 e. The van der Waals surface area contributed by atoms with Gasteiger partial charge in [-0.25, -0.2) is 0 Å². The molecule has 1 heterocycles. The van der Waals surface area contributed by atoms with E-state index >= 15 is 0 Å². The molecule has 0 amide bonds. The molecular weight excluding hydrogens is 342 g/mol. The number of rotatable bonds is 10. The molecule has 1 atom stereocenters. The zero-order valence-corrected chi connectivity index (χ0v) is 17.7. The van der Waals surface area contributed by atoms with Gasteiger partial charge in [0.15, 0.2) is 0 Å². The van der Waals surface area contributed by atoms with E-state index in [9.17, 15) is 0 Å². The number of nitrogens with zero attached hydrogens (tertiary/aromatic N) is 2. The SMILES string of the molecule is CCN(CC)C(CNC1CCN(Cc2ccccc2)CC1)Cc1ccccc1. The smallest absolute Gasteiger partial charge is 0.0260 e. The highest BCUT2D eigenvalue weighted by molar-refractivity contribution is 5.16. The Bertz CT molecular complexity index is 646. The van der Waals surface area contributed by atoms with Gasteiger partial charge in [0.05, 0.1) is 0 Å². The van der Waals surface area contributed by atoms with Crippen LogP contribution in [0.5, 0.6) is 0 Å². The second kappa shape index (κ2) is 11.4. The lowest BCUT2D eigenvalue weighted by atomic mass is 10.0. The van der Waals surface area contributed by atoms with Crippen molar-refractivity contribution in [1.29, 1.82) is 0 Å². The minimum Gasteiger partial charge on any atom is -0.312 e. The predicted molar refractivity (Wildman–Crippen MR) is 120 cm³/mol. The quantitative estimate of drug-likeness (QED) is 0.668. The van der Waals surface area contributed by atoms with Gasteiger partial charge in [-0.15, -0.1) is 0 Å². The van der Waals surface area contributed by atoms with E-state index in [0.29, 0.717) is 12.1 Å². The fourth-order valence-electron chi connectivity index (χ4n) is 4.40. The third kappa shape index (κ3) is 6.44. The average Bonchev–Trinajstić information content (AvgIpc) is 2.75. The Morgan fingerprint density at radius 1 is 0.893 bits per heavy atom. The summed E-state index contributed by atoms with van der Waals surface area (Å²) < 4.78 is 0. The third-order valence-electron chi connectivity index (χ3n) is 6.12. The largest absolute Gasteiger partial charge is 0.312 e. The first-order valence-corrected chi connectivity index (χ1v) is 11.1. The molecule has 0 saturated carbocycles. The molecule has 0 spiro atoms. The zero-order chi connectivity index (χ0) is 19.6. The van der Waals surface area contributed by atoms with Crippen LogP contribution in [0.3, 0.4) is 0 Å². The van der Waals surface area contributed by atoms with Crippen molar-refractivity contribution >= 4 is 0 Å². The first-order valence-electron chi connectivity index (χ1n) is 11.1. The summed E-state index contributed by atoms with van der Waals surface area (Å²) in [6.45, 7) is 11.4. The molecule has 1 aliphatic heterocycles. The molecule has 0 aliphatic carbocycles. The summed E-state index contributed by atoms with van der Waals surface area (Å²) in [6.07, 6.45) is 3.63. The van der Waals surface area contributed by atoms with Crippen LogP contribution >= 0.6 is 0 Å². The van der Waals surface area contributed by atoms with E-state index in [4.69, 9.17) is 0 Å². The fourth-order valence-corrected chi connectivity index (χ4v) is 4.40. The van der Waals surface area contributed by atoms with Crippen LogP contribution in [0, 0.1) is 0 Å². The van der Waals surface area contributed by atoms with Crippen LogP contribution in [0.1, 0.15) is 37.8 Å². The zero-order valence-electron chi connectivity index (χ0n) is 17.7. The summed E-state index contributed by atoms with van der Waals surface area (Å²) >= 11 is 0. The second-order valence-electron chi connectivity index (χ2n) is 8.01. The molecule has 3 rings (SSSR count). The van der Waals surface area contributed by atoms with Crippen LogP contribution in [0.2, 0.25) is 0 Å². The highest BCUT2D eigenvalue weighted by Gasteiger charge is 2.22. The Balaban J connectivity index is 1.47. The van der Waals surface area contributed by atoms with Crippen molar-refractivity contribution in [3.63, 3.8) is 0 Å². The normalized spacial score (nSPS) is 17.1. The van der Waals surface area contributed by atoms with Crippen molar-refractivity contribution in [1.82, 2.24) is 15.1 Å². The predicted octanol–water partition coefficient (Wildman–Crippen LogP) is 4.19. The maximum absolute atomic E-state index is 3.91. The van der Waals surface area contributed by atoms with E-state index in [1.54, 1.807) is 0 Å². The van der Waals surface area contributed by atoms with Crippen molar-refractivity contribution in [2.24, 2.45) is 0 Å². The minimum absolute atomic E-state index is 0.569. The molecule has 1 aliphatic rings. The van der Waals surface area contributed by atoms with Gasteiger partial charge in [-0.3, -0.25) is 9.80 Å². The Kier molecular flexibility index (Phi) is 8.53. The molecule has 3 heteroatoms. The highest BCUT2D eigenvalue weighted by atomic mass is 15.2. The van der Waals surface area contributed by atoms with Crippen LogP contribution < -0.4 is 5.32 Å². The lowest BCUT2D eigenvalue weighted by Gasteiger charge is -2.35. The highest BCUT2D eigenvalue weighted by Crippen LogP contribution is 2.15. The summed E-state index contributed by atoms with van der Waals surface area (Å²) in [5.74, 6) is 0. The van der Waals surface area contributed by atoms with Gasteiger partial charge >= 0.3 is 0 Å². The molecule has 3 nitrogen and oxygen atoms in total. The molecule has 2 aromatic carbocycles. The van der Waals surface area contributed by atoms with Gasteiger partial charge in [-0.2, -0.15) is 0 Å². The van der Waals surface area contributed by atoms with Crippen molar-refractivity contribution in [3.8, 4) is 0 Å². The van der Waals surface area contributed by atoms with Crippen LogP contribution in [0.15, 0.2) is 60.7 Å². The standard InChI is InChI=1S/C25H37N3/c1-3-28(4-2)25(19-22-11-7-5-8-12-22)20-26-24-15-17-27(18-16-24)21-23-13-9-6-10-14-23/h5-14,24-26H,3-4,15-21H2,1-2H3. The van der Waals surface area contributed by atoms with Crippen molar-refractivity contribution in [2.75, 3.05) is 32.7 Å². The molecule has 1 fully saturated rings. The van der Waals surface area contributed by atoms with Gasteiger partial charge in [-0.05, 0) is 56.6 Å². The van der Waals surface area contributed by atoms with E-state index in [-0.39, 0.29) is 0 Å². The number of hydrogen-bond acceptors (Lipinski definition) is 3. The summed E-state index contributed by atoms with van der Waals surface area (Å²) in [5.41, 5.74) is 2.87. The Hall–Kier alpha value is -1.68. The van der Waals surface area contributed by atoms with Gasteiger partial charge in [-0.1, -0.05) is 74.5 Å². The lowest BCUT2D eigenvalue weighted by Crippen LogP contribution is -2.49. The second-order valence-corrected chi connectivity index (χ2v) is 8.01. The van der Waals surface area contributed by atoms with Crippen LogP contribution in [-0.4, -0.2) is 54.6 Å². The molecule has 2 aromatic rings. The van der Waals surface area contributed by atoms with Gasteiger partial charge < -0.3 is 5.32 Å². The third-order valence-corrected chi connectivity index (χ3v) is 6.12. The maximum atomic E-state index is 3.91. The van der Waals surface area contributed by atoms with Crippen LogP contribution in [0.4, 0.5) is 0 Å². The molecule has 1 unspecified atom stereocenters. The van der Waals surface area contributed by atoms with E-state index in [1.165, 1.54) is 37.1 Å². The summed E-state index contributed by atoms with van der Waals surface area (Å²) in [4.78, 5) is 5.20. The number of likely N-dealkylation sites (tertiary alicyclic amines) is 1. The van der Waals surface area contributed by atoms with E-state index in [0.717, 1.165) is 32.6 Å². The summed E-state index contributed by atoms with van der Waals surface area (Å²) in [5, 5.41) is 3.91. The van der Waals surface area contributed by atoms with E-state index in [1.807, 2.05) is 0 Å². The monoisotopic (exact) mass is 379 g/mol. The summed E-state index contributed by atoms with van der Waals surface area (Å²) in [6, 6.07) is 23.0. The number of piperidine rings is 1. The first kappa shape index (κ1) is 21.0. The van der Waals surface area contributed by atoms with Gasteiger partial charge in [0, 0.05) is 25.2 Å². The Morgan fingerprint density at radius 2 is 1.46 bits per heavy atom. The molecule has 0 aromatic heterocycles. The molecule has 0 bridgehead atoms. The number of nitrogens with one attached hydrogen (secondary N) is 1. The molecular formula is C25H37N3. The van der Waals surface area contributed by atoms with E-state index < -0.39 is 0 Å². The summed E-state index contributed by atoms with van der Waals surface area (Å²) in [7, 11) is 0. The van der Waals surface area contributed by atoms with Crippen molar-refractivity contribution in [2.45, 2.75) is 51.7 Å². The van der Waals surface area contributed by atoms with Crippen LogP contribution in [-0.2, 0) is 13.0 Å². The molecule has 1 saturated heterocycles. The molecule has 28 heavy (non-hydrogen) atoms. The molecule has 152 valence electrons. The molecule has 1 N–H and O–H groups in total. The molecule has 0 radical (unpaired) electrons. The van der Waals surface area contributed by atoms with Gasteiger partial charge in [0.25, 0.3) is 0 Å². The number of benzene rings is 2. The number of hydrogen-bond donors (Lipinski definition) is 1. The minimum atomic E-state index is 0.569. The fraction of sp³-hybridized carbons (Fsp3) is 0.520.